The fourth-order valence-electron chi connectivity index (χ4n) is 3.43. The van der Waals surface area contributed by atoms with Crippen LogP contribution in [0.1, 0.15) is 25.6 Å². The summed E-state index contributed by atoms with van der Waals surface area (Å²) in [5.74, 6) is 0.395. The Morgan fingerprint density at radius 3 is 2.67 bits per heavy atom. The lowest BCUT2D eigenvalue weighted by atomic mass is 10.2. The number of aryl methyl sites for hydroxylation is 2. The molecule has 0 spiro atoms. The SMILES string of the molecule is CCn1c(CCC(=O)NCCCOc2ccccc2F)nc2cc(S(=O)(=O)N(C)C)ccc21. The number of halogens is 1. The van der Waals surface area contributed by atoms with Gasteiger partial charge in [0.05, 0.1) is 22.5 Å². The molecule has 0 bridgehead atoms. The van der Waals surface area contributed by atoms with Crippen molar-refractivity contribution < 1.29 is 22.3 Å². The minimum absolute atomic E-state index is 0.119. The topological polar surface area (TPSA) is 93.5 Å². The molecule has 3 rings (SSSR count). The minimum Gasteiger partial charge on any atom is -0.490 e. The van der Waals surface area contributed by atoms with Crippen molar-refractivity contribution in [2.75, 3.05) is 27.2 Å². The molecule has 0 atom stereocenters. The molecule has 0 aliphatic heterocycles. The summed E-state index contributed by atoms with van der Waals surface area (Å²) in [5, 5.41) is 2.83. The Hall–Kier alpha value is -2.98. The highest BCUT2D eigenvalue weighted by Crippen LogP contribution is 2.23. The van der Waals surface area contributed by atoms with Gasteiger partial charge in [-0.3, -0.25) is 4.79 Å². The molecule has 1 aromatic heterocycles. The van der Waals surface area contributed by atoms with Gasteiger partial charge in [0.15, 0.2) is 11.6 Å². The average Bonchev–Trinajstić information content (AvgIpc) is 3.15. The molecule has 0 unspecified atom stereocenters. The molecule has 0 aliphatic carbocycles. The van der Waals surface area contributed by atoms with Gasteiger partial charge >= 0.3 is 0 Å². The van der Waals surface area contributed by atoms with Crippen molar-refractivity contribution in [1.29, 1.82) is 0 Å². The van der Waals surface area contributed by atoms with E-state index in [0.29, 0.717) is 38.1 Å². The number of hydrogen-bond donors (Lipinski definition) is 1. The van der Waals surface area contributed by atoms with Crippen LogP contribution < -0.4 is 10.1 Å². The highest BCUT2D eigenvalue weighted by atomic mass is 32.2. The first kappa shape index (κ1) is 24.7. The third kappa shape index (κ3) is 5.88. The zero-order chi connectivity index (χ0) is 24.0. The lowest BCUT2D eigenvalue weighted by Gasteiger charge is -2.11. The van der Waals surface area contributed by atoms with Crippen molar-refractivity contribution in [3.8, 4) is 5.75 Å². The van der Waals surface area contributed by atoms with Crippen molar-refractivity contribution in [3.63, 3.8) is 0 Å². The second-order valence-corrected chi connectivity index (χ2v) is 9.84. The molecule has 2 aromatic carbocycles. The van der Waals surface area contributed by atoms with Gasteiger partial charge in [-0.25, -0.2) is 22.1 Å². The number of aromatic nitrogens is 2. The minimum atomic E-state index is -3.55. The number of para-hydroxylation sites is 1. The number of amides is 1. The van der Waals surface area contributed by atoms with E-state index >= 15 is 0 Å². The number of ether oxygens (including phenoxy) is 1. The highest BCUT2D eigenvalue weighted by Gasteiger charge is 2.19. The fourth-order valence-corrected chi connectivity index (χ4v) is 4.35. The van der Waals surface area contributed by atoms with Gasteiger partial charge in [-0.05, 0) is 43.7 Å². The Balaban J connectivity index is 1.54. The quantitative estimate of drug-likeness (QED) is 0.430. The van der Waals surface area contributed by atoms with E-state index in [1.165, 1.54) is 20.2 Å². The van der Waals surface area contributed by atoms with Crippen LogP contribution in [0.15, 0.2) is 47.4 Å². The van der Waals surface area contributed by atoms with Crippen LogP contribution in [0.3, 0.4) is 0 Å². The number of nitrogens with zero attached hydrogens (tertiary/aromatic N) is 3. The van der Waals surface area contributed by atoms with Crippen LogP contribution in [0.4, 0.5) is 4.39 Å². The molecule has 178 valence electrons. The van der Waals surface area contributed by atoms with E-state index < -0.39 is 15.8 Å². The molecule has 0 fully saturated rings. The third-order valence-electron chi connectivity index (χ3n) is 5.21. The van der Waals surface area contributed by atoms with Gasteiger partial charge in [0, 0.05) is 40.0 Å². The third-order valence-corrected chi connectivity index (χ3v) is 7.02. The van der Waals surface area contributed by atoms with E-state index in [2.05, 4.69) is 10.3 Å². The molecule has 1 N–H and O–H groups in total. The maximum absolute atomic E-state index is 13.5. The maximum Gasteiger partial charge on any atom is 0.242 e. The van der Waals surface area contributed by atoms with Crippen LogP contribution in [0, 0.1) is 5.82 Å². The summed E-state index contributed by atoms with van der Waals surface area (Å²) in [4.78, 5) is 17.0. The number of nitrogens with one attached hydrogen (secondary N) is 1. The standard InChI is InChI=1S/C23H29FN4O4S/c1-4-28-20-11-10-17(33(30,31)27(2)3)16-19(20)26-22(28)12-13-23(29)25-14-7-15-32-21-9-6-5-8-18(21)24/h5-6,8-11,16H,4,7,12-15H2,1-3H3,(H,25,29). The number of rotatable bonds is 11. The van der Waals surface area contributed by atoms with E-state index in [9.17, 15) is 17.6 Å². The molecular weight excluding hydrogens is 447 g/mol. The van der Waals surface area contributed by atoms with E-state index in [4.69, 9.17) is 4.74 Å². The van der Waals surface area contributed by atoms with Crippen LogP contribution in [-0.4, -0.2) is 55.4 Å². The first-order valence-electron chi connectivity index (χ1n) is 10.8. The Morgan fingerprint density at radius 2 is 1.97 bits per heavy atom. The molecule has 0 saturated carbocycles. The summed E-state index contributed by atoms with van der Waals surface area (Å²) >= 11 is 0. The molecule has 1 heterocycles. The highest BCUT2D eigenvalue weighted by molar-refractivity contribution is 7.89. The van der Waals surface area contributed by atoms with E-state index in [1.807, 2.05) is 11.5 Å². The molecular formula is C23H29FN4O4S. The Labute approximate surface area is 193 Å². The predicted octanol–water partition coefficient (Wildman–Crippen LogP) is 2.96. The number of carbonyl (C=O) groups is 1. The zero-order valence-corrected chi connectivity index (χ0v) is 19.9. The molecule has 33 heavy (non-hydrogen) atoms. The molecule has 0 aliphatic rings. The number of carbonyl (C=O) groups excluding carboxylic acids is 1. The van der Waals surface area contributed by atoms with Gasteiger partial charge in [0.25, 0.3) is 0 Å². The summed E-state index contributed by atoms with van der Waals surface area (Å²) in [5.41, 5.74) is 1.41. The first-order chi connectivity index (χ1) is 15.7. The van der Waals surface area contributed by atoms with Crippen LogP contribution in [0.25, 0.3) is 11.0 Å². The lowest BCUT2D eigenvalue weighted by molar-refractivity contribution is -0.121. The molecule has 3 aromatic rings. The Kier molecular flexibility index (Phi) is 8.04. The Bertz CT molecular complexity index is 1220. The predicted molar refractivity (Wildman–Crippen MR) is 124 cm³/mol. The summed E-state index contributed by atoms with van der Waals surface area (Å²) in [6.07, 6.45) is 1.23. The molecule has 0 radical (unpaired) electrons. The second kappa shape index (κ2) is 10.8. The van der Waals surface area contributed by atoms with Gasteiger partial charge in [-0.1, -0.05) is 12.1 Å². The number of sulfonamides is 1. The van der Waals surface area contributed by atoms with Crippen molar-refractivity contribution in [2.45, 2.75) is 37.6 Å². The zero-order valence-electron chi connectivity index (χ0n) is 19.0. The normalized spacial score (nSPS) is 11.8. The van der Waals surface area contributed by atoms with Gasteiger partial charge in [-0.15, -0.1) is 0 Å². The number of imidazole rings is 1. The molecule has 8 nitrogen and oxygen atoms in total. The van der Waals surface area contributed by atoms with Crippen LogP contribution in [0.2, 0.25) is 0 Å². The Morgan fingerprint density at radius 1 is 1.21 bits per heavy atom. The summed E-state index contributed by atoms with van der Waals surface area (Å²) < 4.78 is 46.8. The largest absolute Gasteiger partial charge is 0.490 e. The van der Waals surface area contributed by atoms with Crippen LogP contribution >= 0.6 is 0 Å². The number of fused-ring (bicyclic) bond motifs is 1. The molecule has 0 saturated heterocycles. The maximum atomic E-state index is 13.5. The summed E-state index contributed by atoms with van der Waals surface area (Å²) in [6, 6.07) is 11.1. The van der Waals surface area contributed by atoms with Crippen molar-refractivity contribution in [3.05, 3.63) is 54.1 Å². The summed E-state index contributed by atoms with van der Waals surface area (Å²) in [7, 11) is -0.578. The smallest absolute Gasteiger partial charge is 0.242 e. The first-order valence-corrected chi connectivity index (χ1v) is 12.2. The lowest BCUT2D eigenvalue weighted by Crippen LogP contribution is -2.26. The van der Waals surface area contributed by atoms with Crippen molar-refractivity contribution in [2.24, 2.45) is 0 Å². The molecule has 1 amide bonds. The second-order valence-electron chi connectivity index (χ2n) is 7.69. The van der Waals surface area contributed by atoms with Crippen molar-refractivity contribution in [1.82, 2.24) is 19.2 Å². The van der Waals surface area contributed by atoms with E-state index in [-0.39, 0.29) is 23.0 Å². The average molecular weight is 477 g/mol. The van der Waals surface area contributed by atoms with Crippen LogP contribution in [0.5, 0.6) is 5.75 Å². The van der Waals surface area contributed by atoms with E-state index in [0.717, 1.165) is 15.6 Å². The molecule has 10 heteroatoms. The van der Waals surface area contributed by atoms with Gasteiger partial charge in [0.1, 0.15) is 5.82 Å². The van der Waals surface area contributed by atoms with E-state index in [1.54, 1.807) is 36.4 Å². The summed E-state index contributed by atoms with van der Waals surface area (Å²) in [6.45, 7) is 3.35. The monoisotopic (exact) mass is 476 g/mol. The number of benzene rings is 2. The van der Waals surface area contributed by atoms with Gasteiger partial charge in [-0.2, -0.15) is 0 Å². The van der Waals surface area contributed by atoms with Crippen molar-refractivity contribution >= 4 is 27.0 Å². The number of hydrogen-bond acceptors (Lipinski definition) is 5. The fraction of sp³-hybridized carbons (Fsp3) is 0.391. The van der Waals surface area contributed by atoms with Gasteiger partial charge in [0.2, 0.25) is 15.9 Å². The van der Waals surface area contributed by atoms with Crippen LogP contribution in [-0.2, 0) is 27.8 Å². The van der Waals surface area contributed by atoms with Gasteiger partial charge < -0.3 is 14.6 Å².